The standard InChI is InChI=1S/C17H23NO3S/c1-22(20,21)16-8-3-2-5-14(16)11-17(19)18(12-13-9-10-13)15-6-4-7-15/h2-3,5,8,13,15H,4,6-7,9-12H2,1H3. The van der Waals surface area contributed by atoms with Crippen LogP contribution in [0.2, 0.25) is 0 Å². The second-order valence-corrected chi connectivity index (χ2v) is 8.62. The maximum absolute atomic E-state index is 12.7. The normalized spacial score (nSPS) is 18.8. The molecule has 120 valence electrons. The van der Waals surface area contributed by atoms with E-state index in [0.29, 0.717) is 17.5 Å². The largest absolute Gasteiger partial charge is 0.339 e. The molecular weight excluding hydrogens is 298 g/mol. The van der Waals surface area contributed by atoms with E-state index < -0.39 is 9.84 Å². The smallest absolute Gasteiger partial charge is 0.227 e. The van der Waals surface area contributed by atoms with Gasteiger partial charge in [-0.15, -0.1) is 0 Å². The topological polar surface area (TPSA) is 54.5 Å². The van der Waals surface area contributed by atoms with Gasteiger partial charge in [0, 0.05) is 18.8 Å². The predicted octanol–water partition coefficient (Wildman–Crippen LogP) is 2.42. The monoisotopic (exact) mass is 321 g/mol. The molecular formula is C17H23NO3S. The highest BCUT2D eigenvalue weighted by atomic mass is 32.2. The van der Waals surface area contributed by atoms with Gasteiger partial charge in [-0.25, -0.2) is 8.42 Å². The summed E-state index contributed by atoms with van der Waals surface area (Å²) in [5.41, 5.74) is 0.620. The van der Waals surface area contributed by atoms with Crippen LogP contribution < -0.4 is 0 Å². The number of hydrogen-bond donors (Lipinski definition) is 0. The van der Waals surface area contributed by atoms with Gasteiger partial charge in [-0.1, -0.05) is 18.2 Å². The zero-order chi connectivity index (χ0) is 15.7. The highest BCUT2D eigenvalue weighted by Crippen LogP contribution is 2.34. The molecule has 2 aliphatic rings. The lowest BCUT2D eigenvalue weighted by Crippen LogP contribution is -2.46. The molecule has 0 heterocycles. The minimum Gasteiger partial charge on any atom is -0.339 e. The lowest BCUT2D eigenvalue weighted by Gasteiger charge is -2.38. The van der Waals surface area contributed by atoms with Crippen LogP contribution in [0, 0.1) is 5.92 Å². The van der Waals surface area contributed by atoms with Crippen LogP contribution in [0.3, 0.4) is 0 Å². The molecule has 2 saturated carbocycles. The summed E-state index contributed by atoms with van der Waals surface area (Å²) in [6.07, 6.45) is 7.20. The molecule has 3 rings (SSSR count). The molecule has 0 aromatic heterocycles. The van der Waals surface area contributed by atoms with Crippen molar-refractivity contribution in [1.82, 2.24) is 4.90 Å². The van der Waals surface area contributed by atoms with E-state index in [-0.39, 0.29) is 17.2 Å². The highest BCUT2D eigenvalue weighted by molar-refractivity contribution is 7.90. The fourth-order valence-corrected chi connectivity index (χ4v) is 3.95. The van der Waals surface area contributed by atoms with E-state index in [2.05, 4.69) is 0 Å². The molecule has 0 N–H and O–H groups in total. The summed E-state index contributed by atoms with van der Waals surface area (Å²) in [4.78, 5) is 15.0. The van der Waals surface area contributed by atoms with Gasteiger partial charge in [-0.2, -0.15) is 0 Å². The van der Waals surface area contributed by atoms with E-state index in [1.54, 1.807) is 24.3 Å². The number of carbonyl (C=O) groups excluding carboxylic acids is 1. The summed E-state index contributed by atoms with van der Waals surface area (Å²) in [5, 5.41) is 0. The number of amides is 1. The number of rotatable bonds is 6. The van der Waals surface area contributed by atoms with Crippen LogP contribution in [0.1, 0.15) is 37.7 Å². The summed E-state index contributed by atoms with van der Waals surface area (Å²) < 4.78 is 23.7. The zero-order valence-corrected chi connectivity index (χ0v) is 13.8. The highest BCUT2D eigenvalue weighted by Gasteiger charge is 2.34. The first kappa shape index (κ1) is 15.5. The number of sulfone groups is 1. The number of carbonyl (C=O) groups is 1. The van der Waals surface area contributed by atoms with Crippen molar-refractivity contribution in [1.29, 1.82) is 0 Å². The van der Waals surface area contributed by atoms with Crippen molar-refractivity contribution < 1.29 is 13.2 Å². The first-order valence-electron chi connectivity index (χ1n) is 8.02. The Morgan fingerprint density at radius 3 is 2.41 bits per heavy atom. The third-order valence-electron chi connectivity index (χ3n) is 4.70. The Bertz CT molecular complexity index is 660. The number of benzene rings is 1. The molecule has 22 heavy (non-hydrogen) atoms. The van der Waals surface area contributed by atoms with Gasteiger partial charge in [0.25, 0.3) is 0 Å². The fraction of sp³-hybridized carbons (Fsp3) is 0.588. The molecule has 5 heteroatoms. The van der Waals surface area contributed by atoms with Gasteiger partial charge in [-0.3, -0.25) is 4.79 Å². The molecule has 0 radical (unpaired) electrons. The van der Waals surface area contributed by atoms with E-state index in [4.69, 9.17) is 0 Å². The number of hydrogen-bond acceptors (Lipinski definition) is 3. The molecule has 1 aromatic rings. The third kappa shape index (κ3) is 3.51. The maximum Gasteiger partial charge on any atom is 0.227 e. The van der Waals surface area contributed by atoms with Crippen molar-refractivity contribution in [2.45, 2.75) is 49.5 Å². The average Bonchev–Trinajstić information content (AvgIpc) is 3.19. The lowest BCUT2D eigenvalue weighted by atomic mass is 9.90. The van der Waals surface area contributed by atoms with Crippen molar-refractivity contribution in [3.05, 3.63) is 29.8 Å². The molecule has 0 atom stereocenters. The second kappa shape index (κ2) is 6.03. The van der Waals surface area contributed by atoms with Crippen molar-refractivity contribution in [3.63, 3.8) is 0 Å². The van der Waals surface area contributed by atoms with Crippen LogP contribution in [0.4, 0.5) is 0 Å². The van der Waals surface area contributed by atoms with Gasteiger partial charge < -0.3 is 4.90 Å². The Kier molecular flexibility index (Phi) is 4.26. The maximum atomic E-state index is 12.7. The quantitative estimate of drug-likeness (QED) is 0.808. The summed E-state index contributed by atoms with van der Waals surface area (Å²) >= 11 is 0. The van der Waals surface area contributed by atoms with Crippen molar-refractivity contribution in [3.8, 4) is 0 Å². The molecule has 0 bridgehead atoms. The Hall–Kier alpha value is -1.36. The van der Waals surface area contributed by atoms with E-state index in [1.165, 1.54) is 25.5 Å². The minimum absolute atomic E-state index is 0.0766. The van der Waals surface area contributed by atoms with Crippen LogP contribution in [0.15, 0.2) is 29.2 Å². The molecule has 2 fully saturated rings. The summed E-state index contributed by atoms with van der Waals surface area (Å²) in [6.45, 7) is 0.852. The van der Waals surface area contributed by atoms with Crippen LogP contribution in [0.25, 0.3) is 0 Å². The Balaban J connectivity index is 1.77. The van der Waals surface area contributed by atoms with Gasteiger partial charge in [0.2, 0.25) is 5.91 Å². The zero-order valence-electron chi connectivity index (χ0n) is 13.0. The van der Waals surface area contributed by atoms with Crippen molar-refractivity contribution >= 4 is 15.7 Å². The summed E-state index contributed by atoms with van der Waals surface area (Å²) in [5.74, 6) is 0.738. The fourth-order valence-electron chi connectivity index (χ4n) is 3.01. The first-order chi connectivity index (χ1) is 10.4. The number of nitrogens with zero attached hydrogens (tertiary/aromatic N) is 1. The minimum atomic E-state index is -3.30. The van der Waals surface area contributed by atoms with Crippen LogP contribution in [-0.2, 0) is 21.1 Å². The molecule has 0 unspecified atom stereocenters. The summed E-state index contributed by atoms with van der Waals surface area (Å²) in [6, 6.07) is 7.22. The second-order valence-electron chi connectivity index (χ2n) is 6.63. The van der Waals surface area contributed by atoms with Gasteiger partial charge in [0.15, 0.2) is 9.84 Å². The Morgan fingerprint density at radius 1 is 1.18 bits per heavy atom. The van der Waals surface area contributed by atoms with Crippen molar-refractivity contribution in [2.24, 2.45) is 5.92 Å². The lowest BCUT2D eigenvalue weighted by molar-refractivity contribution is -0.134. The third-order valence-corrected chi connectivity index (χ3v) is 5.90. The molecule has 0 spiro atoms. The van der Waals surface area contributed by atoms with Gasteiger partial charge in [0.05, 0.1) is 11.3 Å². The molecule has 0 saturated heterocycles. The van der Waals surface area contributed by atoms with Crippen molar-refractivity contribution in [2.75, 3.05) is 12.8 Å². The average molecular weight is 321 g/mol. The van der Waals surface area contributed by atoms with Crippen LogP contribution in [-0.4, -0.2) is 38.1 Å². The van der Waals surface area contributed by atoms with Gasteiger partial charge in [-0.05, 0) is 49.7 Å². The SMILES string of the molecule is CS(=O)(=O)c1ccccc1CC(=O)N(CC1CC1)C1CCC1. The van der Waals surface area contributed by atoms with E-state index in [0.717, 1.165) is 19.4 Å². The molecule has 0 aliphatic heterocycles. The summed E-state index contributed by atoms with van der Waals surface area (Å²) in [7, 11) is -3.30. The van der Waals surface area contributed by atoms with Crippen LogP contribution >= 0.6 is 0 Å². The molecule has 1 amide bonds. The molecule has 2 aliphatic carbocycles. The predicted molar refractivity (Wildman–Crippen MR) is 85.3 cm³/mol. The van der Waals surface area contributed by atoms with Crippen LogP contribution in [0.5, 0.6) is 0 Å². The molecule has 4 nitrogen and oxygen atoms in total. The van der Waals surface area contributed by atoms with Gasteiger partial charge in [0.1, 0.15) is 0 Å². The Labute approximate surface area is 132 Å². The molecule has 1 aromatic carbocycles. The first-order valence-corrected chi connectivity index (χ1v) is 9.91. The van der Waals surface area contributed by atoms with Gasteiger partial charge >= 0.3 is 0 Å². The Morgan fingerprint density at radius 2 is 1.86 bits per heavy atom. The van der Waals surface area contributed by atoms with E-state index in [1.807, 2.05) is 4.90 Å². The van der Waals surface area contributed by atoms with E-state index in [9.17, 15) is 13.2 Å². The van der Waals surface area contributed by atoms with E-state index >= 15 is 0 Å².